The van der Waals surface area contributed by atoms with Crippen LogP contribution in [0.1, 0.15) is 45.2 Å². The monoisotopic (exact) mass is 358 g/mol. The van der Waals surface area contributed by atoms with E-state index in [2.05, 4.69) is 5.32 Å². The molecule has 1 unspecified atom stereocenters. The molecule has 140 valence electrons. The average molecular weight is 358 g/mol. The summed E-state index contributed by atoms with van der Waals surface area (Å²) in [5.74, 6) is 0. The van der Waals surface area contributed by atoms with E-state index in [1.807, 2.05) is 0 Å². The van der Waals surface area contributed by atoms with Gasteiger partial charge in [-0.05, 0) is 45.7 Å². The fraction of sp³-hybridized carbons (Fsp3) is 0.611. The Morgan fingerprint density at radius 2 is 1.88 bits per heavy atom. The summed E-state index contributed by atoms with van der Waals surface area (Å²) >= 11 is 0. The Labute approximate surface area is 146 Å². The van der Waals surface area contributed by atoms with Crippen molar-refractivity contribution in [2.24, 2.45) is 0 Å². The second-order valence-corrected chi connectivity index (χ2v) is 7.34. The maximum Gasteiger partial charge on any atom is 0.408 e. The normalized spacial score (nSPS) is 20.8. The van der Waals surface area contributed by atoms with Crippen molar-refractivity contribution in [2.45, 2.75) is 57.5 Å². The molecule has 1 saturated heterocycles. The number of nitrogens with zero attached hydrogens (tertiary/aromatic N) is 1. The fourth-order valence-corrected chi connectivity index (χ4v) is 3.08. The van der Waals surface area contributed by atoms with Crippen molar-refractivity contribution in [3.05, 3.63) is 35.9 Å². The van der Waals surface area contributed by atoms with Crippen LogP contribution >= 0.6 is 0 Å². The average Bonchev–Trinajstić information content (AvgIpc) is 2.45. The molecule has 7 heteroatoms. The predicted octanol–water partition coefficient (Wildman–Crippen LogP) is 4.28. The van der Waals surface area contributed by atoms with Gasteiger partial charge in [0.1, 0.15) is 11.6 Å². The largest absolute Gasteiger partial charge is 0.444 e. The third-order valence-corrected chi connectivity index (χ3v) is 3.96. The van der Waals surface area contributed by atoms with Gasteiger partial charge in [-0.2, -0.15) is 13.2 Å². The van der Waals surface area contributed by atoms with E-state index in [1.165, 1.54) is 17.0 Å². The van der Waals surface area contributed by atoms with Crippen LogP contribution in [-0.4, -0.2) is 41.9 Å². The molecule has 0 radical (unpaired) electrons. The lowest BCUT2D eigenvalue weighted by atomic mass is 9.99. The number of alkyl carbamates (subject to hydrolysis) is 1. The number of carbonyl (C=O) groups is 1. The lowest BCUT2D eigenvalue weighted by Gasteiger charge is -2.39. The molecule has 1 fully saturated rings. The number of benzene rings is 1. The molecule has 1 aliphatic heterocycles. The summed E-state index contributed by atoms with van der Waals surface area (Å²) in [6.07, 6.45) is -3.76. The molecule has 0 spiro atoms. The van der Waals surface area contributed by atoms with Gasteiger partial charge in [0.05, 0.1) is 0 Å². The molecular weight excluding hydrogens is 333 g/mol. The summed E-state index contributed by atoms with van der Waals surface area (Å²) in [5, 5.41) is 2.69. The number of rotatable bonds is 3. The van der Waals surface area contributed by atoms with Crippen LogP contribution in [0.2, 0.25) is 0 Å². The van der Waals surface area contributed by atoms with Crippen molar-refractivity contribution in [2.75, 3.05) is 13.1 Å². The summed E-state index contributed by atoms with van der Waals surface area (Å²) in [7, 11) is 0. The van der Waals surface area contributed by atoms with Crippen LogP contribution < -0.4 is 5.32 Å². The Kier molecular flexibility index (Phi) is 5.98. The number of ether oxygens (including phenoxy) is 1. The second-order valence-electron chi connectivity index (χ2n) is 7.34. The van der Waals surface area contributed by atoms with Crippen molar-refractivity contribution in [1.29, 1.82) is 0 Å². The van der Waals surface area contributed by atoms with E-state index in [0.717, 1.165) is 0 Å². The lowest BCUT2D eigenvalue weighted by Crippen LogP contribution is -2.52. The Hall–Kier alpha value is -1.76. The van der Waals surface area contributed by atoms with Crippen LogP contribution in [0.25, 0.3) is 0 Å². The molecular formula is C18H25F3N2O2. The second kappa shape index (κ2) is 7.64. The fourth-order valence-electron chi connectivity index (χ4n) is 3.08. The highest BCUT2D eigenvalue weighted by atomic mass is 19.4. The first-order chi connectivity index (χ1) is 11.6. The number of hydrogen-bond acceptors (Lipinski definition) is 3. The van der Waals surface area contributed by atoms with Gasteiger partial charge in [-0.25, -0.2) is 4.79 Å². The summed E-state index contributed by atoms with van der Waals surface area (Å²) in [4.78, 5) is 13.3. The Morgan fingerprint density at radius 1 is 1.24 bits per heavy atom. The van der Waals surface area contributed by atoms with Crippen molar-refractivity contribution in [3.8, 4) is 0 Å². The van der Waals surface area contributed by atoms with Crippen LogP contribution in [0.4, 0.5) is 18.0 Å². The van der Waals surface area contributed by atoms with Crippen LogP contribution in [0.15, 0.2) is 30.3 Å². The molecule has 0 aliphatic carbocycles. The van der Waals surface area contributed by atoms with Crippen molar-refractivity contribution in [1.82, 2.24) is 10.2 Å². The number of alkyl halides is 3. The van der Waals surface area contributed by atoms with Gasteiger partial charge in [0, 0.05) is 12.6 Å². The van der Waals surface area contributed by atoms with E-state index in [4.69, 9.17) is 4.74 Å². The Bertz CT molecular complexity index is 570. The molecule has 1 heterocycles. The highest BCUT2D eigenvalue weighted by Crippen LogP contribution is 2.38. The summed E-state index contributed by atoms with van der Waals surface area (Å²) in [6.45, 7) is 5.71. The van der Waals surface area contributed by atoms with Gasteiger partial charge in [0.2, 0.25) is 0 Å². The van der Waals surface area contributed by atoms with Gasteiger partial charge in [-0.3, -0.25) is 4.90 Å². The first-order valence-corrected chi connectivity index (χ1v) is 8.41. The molecule has 1 amide bonds. The molecule has 1 aromatic rings. The number of piperidine rings is 1. The highest BCUT2D eigenvalue weighted by Gasteiger charge is 2.45. The molecule has 25 heavy (non-hydrogen) atoms. The van der Waals surface area contributed by atoms with Crippen molar-refractivity contribution < 1.29 is 22.7 Å². The minimum absolute atomic E-state index is 0.137. The van der Waals surface area contributed by atoms with E-state index in [9.17, 15) is 18.0 Å². The van der Waals surface area contributed by atoms with Crippen molar-refractivity contribution in [3.63, 3.8) is 0 Å². The minimum atomic E-state index is -4.38. The Morgan fingerprint density at radius 3 is 2.44 bits per heavy atom. The summed E-state index contributed by atoms with van der Waals surface area (Å²) in [6, 6.07) is 5.85. The quantitative estimate of drug-likeness (QED) is 0.877. The number of carbonyl (C=O) groups excluding carboxylic acids is 1. The summed E-state index contributed by atoms with van der Waals surface area (Å²) < 4.78 is 46.1. The third-order valence-electron chi connectivity index (χ3n) is 3.96. The van der Waals surface area contributed by atoms with Crippen LogP contribution in [0.5, 0.6) is 0 Å². The van der Waals surface area contributed by atoms with Gasteiger partial charge < -0.3 is 10.1 Å². The van der Waals surface area contributed by atoms with E-state index in [1.54, 1.807) is 39.0 Å². The van der Waals surface area contributed by atoms with Crippen LogP contribution in [0.3, 0.4) is 0 Å². The molecule has 1 aliphatic rings. The molecule has 2 atom stereocenters. The summed E-state index contributed by atoms with van der Waals surface area (Å²) in [5.41, 5.74) is -0.426. The number of likely N-dealkylation sites (tertiary alicyclic amines) is 1. The van der Waals surface area contributed by atoms with E-state index >= 15 is 0 Å². The third kappa shape index (κ3) is 5.92. The maximum absolute atomic E-state index is 13.6. The molecule has 4 nitrogen and oxygen atoms in total. The van der Waals surface area contributed by atoms with Gasteiger partial charge in [0.25, 0.3) is 0 Å². The van der Waals surface area contributed by atoms with Crippen LogP contribution in [0, 0.1) is 0 Å². The molecule has 1 N–H and O–H groups in total. The number of amides is 1. The highest BCUT2D eigenvalue weighted by molar-refractivity contribution is 5.68. The zero-order chi connectivity index (χ0) is 18.7. The predicted molar refractivity (Wildman–Crippen MR) is 89.2 cm³/mol. The first-order valence-electron chi connectivity index (χ1n) is 8.41. The minimum Gasteiger partial charge on any atom is -0.444 e. The van der Waals surface area contributed by atoms with E-state index < -0.39 is 23.9 Å². The maximum atomic E-state index is 13.6. The number of hydrogen-bond donors (Lipinski definition) is 1. The Balaban J connectivity index is 2.08. The number of halogens is 3. The van der Waals surface area contributed by atoms with E-state index in [0.29, 0.717) is 19.4 Å². The van der Waals surface area contributed by atoms with Crippen LogP contribution in [-0.2, 0) is 4.74 Å². The number of nitrogens with one attached hydrogen (secondary N) is 1. The SMILES string of the molecule is CC(C)(C)OC(=O)N[C@@H]1CCCN(C(c2ccccc2)C(F)(F)F)C1. The molecule has 1 aromatic carbocycles. The van der Waals surface area contributed by atoms with E-state index in [-0.39, 0.29) is 18.2 Å². The zero-order valence-electron chi connectivity index (χ0n) is 14.8. The topological polar surface area (TPSA) is 41.6 Å². The molecule has 2 rings (SSSR count). The first kappa shape index (κ1) is 19.6. The standard InChI is InChI=1S/C18H25F3N2O2/c1-17(2,3)25-16(24)22-14-10-7-11-23(12-14)15(18(19,20)21)13-8-5-4-6-9-13/h4-6,8-9,14-15H,7,10-12H2,1-3H3,(H,22,24)/t14-,15?/m1/s1. The molecule has 0 saturated carbocycles. The van der Waals surface area contributed by atoms with Gasteiger partial charge in [-0.1, -0.05) is 30.3 Å². The van der Waals surface area contributed by atoms with Gasteiger partial charge in [-0.15, -0.1) is 0 Å². The van der Waals surface area contributed by atoms with Crippen molar-refractivity contribution >= 4 is 6.09 Å². The molecule has 0 bridgehead atoms. The van der Waals surface area contributed by atoms with Gasteiger partial charge >= 0.3 is 12.3 Å². The zero-order valence-corrected chi connectivity index (χ0v) is 14.8. The smallest absolute Gasteiger partial charge is 0.408 e. The lowest BCUT2D eigenvalue weighted by molar-refractivity contribution is -0.189. The van der Waals surface area contributed by atoms with Gasteiger partial charge in [0.15, 0.2) is 0 Å². The molecule has 0 aromatic heterocycles.